The standard InChI is InChI=1S/C15H16N6S/c1-5-16-9-18-13(1)20-11-2-6-21(7-3-11)15-14-12(4-8-22-14)17-10-19-15/h1,4-5,8-11H,2-3,6-7H2,(H,16,18,20). The normalized spacial score (nSPS) is 16.1. The van der Waals surface area contributed by atoms with Crippen LogP contribution in [0.3, 0.4) is 0 Å². The molecule has 0 amide bonds. The van der Waals surface area contributed by atoms with Crippen molar-refractivity contribution < 1.29 is 0 Å². The Morgan fingerprint density at radius 2 is 2.00 bits per heavy atom. The highest BCUT2D eigenvalue weighted by Gasteiger charge is 2.22. The van der Waals surface area contributed by atoms with E-state index in [9.17, 15) is 0 Å². The first kappa shape index (κ1) is 13.4. The summed E-state index contributed by atoms with van der Waals surface area (Å²) in [5.74, 6) is 1.97. The third-order valence-corrected chi connectivity index (χ3v) is 4.85. The van der Waals surface area contributed by atoms with Crippen molar-refractivity contribution in [1.29, 1.82) is 0 Å². The number of anilines is 2. The van der Waals surface area contributed by atoms with Crippen molar-refractivity contribution >= 4 is 33.2 Å². The largest absolute Gasteiger partial charge is 0.367 e. The van der Waals surface area contributed by atoms with Crippen molar-refractivity contribution in [3.63, 3.8) is 0 Å². The molecule has 6 nitrogen and oxygen atoms in total. The Hall–Kier alpha value is -2.28. The number of hydrogen-bond donors (Lipinski definition) is 1. The van der Waals surface area contributed by atoms with Gasteiger partial charge in [-0.2, -0.15) is 0 Å². The van der Waals surface area contributed by atoms with Gasteiger partial charge in [-0.1, -0.05) is 0 Å². The summed E-state index contributed by atoms with van der Waals surface area (Å²) in [6.45, 7) is 1.99. The summed E-state index contributed by atoms with van der Waals surface area (Å²) in [7, 11) is 0. The molecule has 0 aliphatic carbocycles. The van der Waals surface area contributed by atoms with Crippen LogP contribution in [0.2, 0.25) is 0 Å². The minimum absolute atomic E-state index is 0.451. The van der Waals surface area contributed by atoms with Crippen LogP contribution in [0, 0.1) is 0 Å². The molecule has 1 aliphatic heterocycles. The van der Waals surface area contributed by atoms with Crippen molar-refractivity contribution in [2.75, 3.05) is 23.3 Å². The number of hydrogen-bond acceptors (Lipinski definition) is 7. The molecule has 112 valence electrons. The van der Waals surface area contributed by atoms with Crippen LogP contribution in [-0.4, -0.2) is 39.1 Å². The lowest BCUT2D eigenvalue weighted by molar-refractivity contribution is 0.523. The van der Waals surface area contributed by atoms with Crippen LogP contribution in [0.1, 0.15) is 12.8 Å². The smallest absolute Gasteiger partial charge is 0.150 e. The second kappa shape index (κ2) is 5.84. The monoisotopic (exact) mass is 312 g/mol. The maximum absolute atomic E-state index is 4.50. The predicted octanol–water partition coefficient (Wildman–Crippen LogP) is 2.56. The average Bonchev–Trinajstić information content (AvgIpc) is 3.05. The van der Waals surface area contributed by atoms with E-state index in [0.29, 0.717) is 6.04 Å². The number of nitrogens with one attached hydrogen (secondary N) is 1. The van der Waals surface area contributed by atoms with Crippen molar-refractivity contribution in [3.05, 3.63) is 36.4 Å². The first-order chi connectivity index (χ1) is 10.9. The molecule has 1 N–H and O–H groups in total. The van der Waals surface area contributed by atoms with E-state index in [-0.39, 0.29) is 0 Å². The summed E-state index contributed by atoms with van der Waals surface area (Å²) in [5.41, 5.74) is 1.04. The number of rotatable bonds is 3. The Morgan fingerprint density at radius 3 is 2.82 bits per heavy atom. The molecule has 1 aliphatic rings. The Kier molecular flexibility index (Phi) is 3.56. The van der Waals surface area contributed by atoms with Gasteiger partial charge >= 0.3 is 0 Å². The zero-order valence-electron chi connectivity index (χ0n) is 12.0. The van der Waals surface area contributed by atoms with Crippen molar-refractivity contribution in [2.24, 2.45) is 0 Å². The zero-order valence-corrected chi connectivity index (χ0v) is 12.8. The highest BCUT2D eigenvalue weighted by atomic mass is 32.1. The molecule has 3 aromatic heterocycles. The van der Waals surface area contributed by atoms with Crippen LogP contribution in [0.5, 0.6) is 0 Å². The van der Waals surface area contributed by atoms with E-state index in [1.165, 1.54) is 4.70 Å². The Bertz CT molecular complexity index is 751. The van der Waals surface area contributed by atoms with Gasteiger partial charge in [0.15, 0.2) is 0 Å². The van der Waals surface area contributed by atoms with Crippen LogP contribution in [0.15, 0.2) is 36.4 Å². The van der Waals surface area contributed by atoms with Crippen molar-refractivity contribution in [3.8, 4) is 0 Å². The highest BCUT2D eigenvalue weighted by Crippen LogP contribution is 2.29. The summed E-state index contributed by atoms with van der Waals surface area (Å²) >= 11 is 1.71. The van der Waals surface area contributed by atoms with Crippen molar-refractivity contribution in [1.82, 2.24) is 19.9 Å². The number of nitrogens with zero attached hydrogens (tertiary/aromatic N) is 5. The van der Waals surface area contributed by atoms with Crippen LogP contribution in [-0.2, 0) is 0 Å². The van der Waals surface area contributed by atoms with E-state index in [1.807, 2.05) is 6.07 Å². The highest BCUT2D eigenvalue weighted by molar-refractivity contribution is 7.17. The second-order valence-corrected chi connectivity index (χ2v) is 6.25. The molecule has 0 saturated carbocycles. The third kappa shape index (κ3) is 2.59. The molecule has 4 rings (SSSR count). The summed E-state index contributed by atoms with van der Waals surface area (Å²) in [6, 6.07) is 4.41. The molecule has 0 atom stereocenters. The Balaban J connectivity index is 1.45. The summed E-state index contributed by atoms with van der Waals surface area (Å²) in [6.07, 6.45) is 7.14. The molecule has 0 radical (unpaired) electrons. The lowest BCUT2D eigenvalue weighted by Crippen LogP contribution is -2.39. The van der Waals surface area contributed by atoms with E-state index in [4.69, 9.17) is 0 Å². The zero-order chi connectivity index (χ0) is 14.8. The van der Waals surface area contributed by atoms with Gasteiger partial charge in [0, 0.05) is 25.3 Å². The fourth-order valence-corrected chi connectivity index (χ4v) is 3.68. The minimum Gasteiger partial charge on any atom is -0.367 e. The first-order valence-electron chi connectivity index (χ1n) is 7.36. The van der Waals surface area contributed by atoms with Gasteiger partial charge in [0.2, 0.25) is 0 Å². The molecule has 0 aromatic carbocycles. The quantitative estimate of drug-likeness (QED) is 0.802. The molecule has 0 bridgehead atoms. The topological polar surface area (TPSA) is 66.8 Å². The van der Waals surface area contributed by atoms with Gasteiger partial charge < -0.3 is 10.2 Å². The van der Waals surface area contributed by atoms with Crippen LogP contribution >= 0.6 is 11.3 Å². The fraction of sp³-hybridized carbons (Fsp3) is 0.333. The SMILES string of the molecule is c1cc(NC2CCN(c3ncnc4ccsc34)CC2)ncn1. The van der Waals surface area contributed by atoms with E-state index in [0.717, 1.165) is 43.1 Å². The van der Waals surface area contributed by atoms with Gasteiger partial charge in [-0.25, -0.2) is 19.9 Å². The van der Waals surface area contributed by atoms with E-state index in [2.05, 4.69) is 41.6 Å². The minimum atomic E-state index is 0.451. The number of fused-ring (bicyclic) bond motifs is 1. The summed E-state index contributed by atoms with van der Waals surface area (Å²) in [4.78, 5) is 19.3. The molecule has 22 heavy (non-hydrogen) atoms. The van der Waals surface area contributed by atoms with Crippen LogP contribution in [0.4, 0.5) is 11.6 Å². The molecule has 1 fully saturated rings. The summed E-state index contributed by atoms with van der Waals surface area (Å²) < 4.78 is 1.18. The van der Waals surface area contributed by atoms with E-state index in [1.54, 1.807) is 30.2 Å². The molecule has 1 saturated heterocycles. The number of thiophene rings is 1. The predicted molar refractivity (Wildman–Crippen MR) is 88.3 cm³/mol. The Morgan fingerprint density at radius 1 is 1.09 bits per heavy atom. The van der Waals surface area contributed by atoms with Crippen molar-refractivity contribution in [2.45, 2.75) is 18.9 Å². The molecule has 0 spiro atoms. The first-order valence-corrected chi connectivity index (χ1v) is 8.24. The average molecular weight is 312 g/mol. The van der Waals surface area contributed by atoms with E-state index < -0.39 is 0 Å². The molecular formula is C15H16N6S. The van der Waals surface area contributed by atoms with Crippen LogP contribution < -0.4 is 10.2 Å². The second-order valence-electron chi connectivity index (χ2n) is 5.33. The lowest BCUT2D eigenvalue weighted by Gasteiger charge is -2.33. The van der Waals surface area contributed by atoms with Gasteiger partial charge in [0.05, 0.1) is 10.2 Å². The number of aromatic nitrogens is 4. The van der Waals surface area contributed by atoms with Gasteiger partial charge in [-0.15, -0.1) is 11.3 Å². The molecule has 7 heteroatoms. The van der Waals surface area contributed by atoms with Gasteiger partial charge in [-0.3, -0.25) is 0 Å². The van der Waals surface area contributed by atoms with E-state index >= 15 is 0 Å². The van der Waals surface area contributed by atoms with Gasteiger partial charge in [-0.05, 0) is 30.4 Å². The molecule has 3 aromatic rings. The molecular weight excluding hydrogens is 296 g/mol. The number of piperidine rings is 1. The maximum atomic E-state index is 4.50. The molecule has 4 heterocycles. The summed E-state index contributed by atoms with van der Waals surface area (Å²) in [5, 5.41) is 5.55. The van der Waals surface area contributed by atoms with Crippen LogP contribution in [0.25, 0.3) is 10.2 Å². The van der Waals surface area contributed by atoms with Gasteiger partial charge in [0.1, 0.15) is 24.3 Å². The fourth-order valence-electron chi connectivity index (χ4n) is 2.82. The third-order valence-electron chi connectivity index (χ3n) is 3.95. The molecule has 0 unspecified atom stereocenters. The Labute approximate surface area is 132 Å². The maximum Gasteiger partial charge on any atom is 0.150 e. The lowest BCUT2D eigenvalue weighted by atomic mass is 10.1. The van der Waals surface area contributed by atoms with Gasteiger partial charge in [0.25, 0.3) is 0 Å².